The van der Waals surface area contributed by atoms with Gasteiger partial charge in [0.1, 0.15) is 0 Å². The predicted molar refractivity (Wildman–Crippen MR) is 95.2 cm³/mol. The summed E-state index contributed by atoms with van der Waals surface area (Å²) in [5.74, 6) is 0.0994. The molecule has 1 saturated heterocycles. The van der Waals surface area contributed by atoms with E-state index < -0.39 is 10.0 Å². The van der Waals surface area contributed by atoms with Crippen LogP contribution >= 0.6 is 0 Å². The van der Waals surface area contributed by atoms with Gasteiger partial charge >= 0.3 is 0 Å². The van der Waals surface area contributed by atoms with Gasteiger partial charge in [-0.15, -0.1) is 0 Å². The number of carbonyl (C=O) groups is 1. The third-order valence-corrected chi connectivity index (χ3v) is 6.13. The normalized spacial score (nSPS) is 20.2. The highest BCUT2D eigenvalue weighted by Gasteiger charge is 2.34. The lowest BCUT2D eigenvalue weighted by atomic mass is 9.91. The summed E-state index contributed by atoms with van der Waals surface area (Å²) in [5.41, 5.74) is 0.960. The first kappa shape index (κ1) is 18.9. The number of piperazine rings is 1. The Morgan fingerprint density at radius 3 is 2.25 bits per heavy atom. The van der Waals surface area contributed by atoms with Crippen molar-refractivity contribution in [1.29, 1.82) is 0 Å². The topological polar surface area (TPSA) is 57.7 Å². The van der Waals surface area contributed by atoms with Crippen LogP contribution in [0.2, 0.25) is 0 Å². The number of hydrogen-bond donors (Lipinski definition) is 0. The van der Waals surface area contributed by atoms with E-state index in [2.05, 4.69) is 0 Å². The lowest BCUT2D eigenvalue weighted by Crippen LogP contribution is -2.55. The van der Waals surface area contributed by atoms with E-state index in [1.807, 2.05) is 39.5 Å². The van der Waals surface area contributed by atoms with Crippen LogP contribution in [0.25, 0.3) is 0 Å². The quantitative estimate of drug-likeness (QED) is 0.840. The fraction of sp³-hybridized carbons (Fsp3) is 0.611. The molecule has 1 fully saturated rings. The molecule has 1 amide bonds. The average Bonchev–Trinajstić information content (AvgIpc) is 2.45. The Morgan fingerprint density at radius 1 is 1.17 bits per heavy atom. The molecule has 1 aliphatic rings. The van der Waals surface area contributed by atoms with Crippen LogP contribution in [0.1, 0.15) is 39.7 Å². The molecule has 0 saturated carbocycles. The van der Waals surface area contributed by atoms with Gasteiger partial charge in [0.05, 0.1) is 4.90 Å². The van der Waals surface area contributed by atoms with Gasteiger partial charge in [-0.1, -0.05) is 38.5 Å². The van der Waals surface area contributed by atoms with Crippen molar-refractivity contribution in [3.8, 4) is 0 Å². The Bertz CT molecular complexity index is 690. The number of hydrogen-bond acceptors (Lipinski definition) is 3. The van der Waals surface area contributed by atoms with E-state index in [0.717, 1.165) is 5.56 Å². The van der Waals surface area contributed by atoms with Crippen LogP contribution in [0, 0.1) is 12.3 Å². The Hall–Kier alpha value is -1.40. The molecule has 1 aromatic rings. The molecule has 1 unspecified atom stereocenters. The van der Waals surface area contributed by atoms with Crippen LogP contribution in [-0.4, -0.2) is 49.2 Å². The van der Waals surface area contributed by atoms with Crippen molar-refractivity contribution in [3.63, 3.8) is 0 Å². The van der Waals surface area contributed by atoms with E-state index in [1.165, 1.54) is 4.31 Å². The molecular formula is C18H28N2O3S. The molecule has 1 heterocycles. The number of benzene rings is 1. The van der Waals surface area contributed by atoms with Crippen molar-refractivity contribution in [3.05, 3.63) is 29.8 Å². The highest BCUT2D eigenvalue weighted by Crippen LogP contribution is 2.24. The summed E-state index contributed by atoms with van der Waals surface area (Å²) in [6.07, 6.45) is 0.474. The molecule has 2 rings (SSSR count). The molecule has 0 spiro atoms. The number of carbonyl (C=O) groups excluding carboxylic acids is 1. The summed E-state index contributed by atoms with van der Waals surface area (Å²) in [6, 6.07) is 6.78. The fourth-order valence-corrected chi connectivity index (χ4v) is 4.44. The van der Waals surface area contributed by atoms with Crippen molar-refractivity contribution >= 4 is 15.9 Å². The van der Waals surface area contributed by atoms with Gasteiger partial charge in [-0.05, 0) is 31.4 Å². The van der Waals surface area contributed by atoms with Crippen LogP contribution in [0.4, 0.5) is 0 Å². The smallest absolute Gasteiger partial charge is 0.243 e. The van der Waals surface area contributed by atoms with Crippen molar-refractivity contribution < 1.29 is 13.2 Å². The van der Waals surface area contributed by atoms with Gasteiger partial charge in [0.15, 0.2) is 0 Å². The van der Waals surface area contributed by atoms with E-state index in [9.17, 15) is 13.2 Å². The summed E-state index contributed by atoms with van der Waals surface area (Å²) < 4.78 is 27.0. The maximum absolute atomic E-state index is 12.8. The molecule has 134 valence electrons. The van der Waals surface area contributed by atoms with Crippen LogP contribution < -0.4 is 0 Å². The van der Waals surface area contributed by atoms with Crippen LogP contribution in [0.3, 0.4) is 0 Å². The molecule has 1 aromatic carbocycles. The van der Waals surface area contributed by atoms with Crippen molar-refractivity contribution in [1.82, 2.24) is 9.21 Å². The number of nitrogens with zero attached hydrogens (tertiary/aromatic N) is 2. The minimum atomic E-state index is -3.50. The van der Waals surface area contributed by atoms with Gasteiger partial charge in [-0.2, -0.15) is 4.31 Å². The summed E-state index contributed by atoms with van der Waals surface area (Å²) in [5, 5.41) is 0. The molecule has 1 atom stereocenters. The monoisotopic (exact) mass is 352 g/mol. The van der Waals surface area contributed by atoms with Gasteiger partial charge in [0.2, 0.25) is 15.9 Å². The van der Waals surface area contributed by atoms with Gasteiger partial charge in [0, 0.05) is 32.1 Å². The van der Waals surface area contributed by atoms with Crippen molar-refractivity contribution in [2.75, 3.05) is 19.6 Å². The Labute approximate surface area is 145 Å². The summed E-state index contributed by atoms with van der Waals surface area (Å²) in [7, 11) is -3.50. The average molecular weight is 353 g/mol. The minimum absolute atomic E-state index is 0.0675. The number of aryl methyl sites for hydroxylation is 1. The molecule has 6 heteroatoms. The zero-order chi connectivity index (χ0) is 18.1. The number of rotatable bonds is 3. The Kier molecular flexibility index (Phi) is 5.40. The Balaban J connectivity index is 2.10. The number of sulfonamides is 1. The van der Waals surface area contributed by atoms with Crippen LogP contribution in [-0.2, 0) is 14.8 Å². The first-order valence-corrected chi connectivity index (χ1v) is 9.81. The molecule has 0 aromatic heterocycles. The fourth-order valence-electron chi connectivity index (χ4n) is 2.93. The standard InChI is InChI=1S/C18H28N2O3S/c1-14-6-8-16(9-7-14)24(22,23)19-10-11-20(15(2)13-19)17(21)12-18(3,4)5/h6-9,15H,10-13H2,1-5H3. The molecular weight excluding hydrogens is 324 g/mol. The Morgan fingerprint density at radius 2 is 1.75 bits per heavy atom. The highest BCUT2D eigenvalue weighted by atomic mass is 32.2. The third kappa shape index (κ3) is 4.36. The second-order valence-corrected chi connectivity index (χ2v) is 9.79. The second-order valence-electron chi connectivity index (χ2n) is 7.85. The molecule has 0 aliphatic carbocycles. The van der Waals surface area contributed by atoms with Crippen LogP contribution in [0.5, 0.6) is 0 Å². The molecule has 1 aliphatic heterocycles. The van der Waals surface area contributed by atoms with Gasteiger partial charge in [-0.3, -0.25) is 4.79 Å². The van der Waals surface area contributed by atoms with E-state index in [4.69, 9.17) is 0 Å². The van der Waals surface area contributed by atoms with E-state index >= 15 is 0 Å². The summed E-state index contributed by atoms with van der Waals surface area (Å²) >= 11 is 0. The minimum Gasteiger partial charge on any atom is -0.337 e. The second kappa shape index (κ2) is 6.84. The zero-order valence-electron chi connectivity index (χ0n) is 15.2. The van der Waals surface area contributed by atoms with E-state index in [0.29, 0.717) is 31.0 Å². The maximum Gasteiger partial charge on any atom is 0.243 e. The molecule has 0 bridgehead atoms. The zero-order valence-corrected chi connectivity index (χ0v) is 16.1. The molecule has 5 nitrogen and oxygen atoms in total. The van der Waals surface area contributed by atoms with Gasteiger partial charge < -0.3 is 4.90 Å². The largest absolute Gasteiger partial charge is 0.337 e. The van der Waals surface area contributed by atoms with Gasteiger partial charge in [0.25, 0.3) is 0 Å². The highest BCUT2D eigenvalue weighted by molar-refractivity contribution is 7.89. The molecule has 0 N–H and O–H groups in total. The molecule has 24 heavy (non-hydrogen) atoms. The maximum atomic E-state index is 12.8. The van der Waals surface area contributed by atoms with Crippen LogP contribution in [0.15, 0.2) is 29.2 Å². The lowest BCUT2D eigenvalue weighted by molar-refractivity contribution is -0.136. The van der Waals surface area contributed by atoms with Crippen molar-refractivity contribution in [2.45, 2.75) is 52.0 Å². The predicted octanol–water partition coefficient (Wildman–Crippen LogP) is 2.65. The van der Waals surface area contributed by atoms with E-state index in [1.54, 1.807) is 24.3 Å². The summed E-state index contributed by atoms with van der Waals surface area (Å²) in [6.45, 7) is 11.1. The number of amides is 1. The van der Waals surface area contributed by atoms with Crippen molar-refractivity contribution in [2.24, 2.45) is 5.41 Å². The first-order valence-electron chi connectivity index (χ1n) is 8.37. The summed E-state index contributed by atoms with van der Waals surface area (Å²) in [4.78, 5) is 14.6. The van der Waals surface area contributed by atoms with E-state index in [-0.39, 0.29) is 17.4 Å². The lowest BCUT2D eigenvalue weighted by Gasteiger charge is -2.40. The molecule has 0 radical (unpaired) electrons. The first-order chi connectivity index (χ1) is 11.0. The third-order valence-electron chi connectivity index (χ3n) is 4.25. The van der Waals surface area contributed by atoms with Gasteiger partial charge in [-0.25, -0.2) is 8.42 Å². The SMILES string of the molecule is Cc1ccc(S(=O)(=O)N2CCN(C(=O)CC(C)(C)C)C(C)C2)cc1.